The van der Waals surface area contributed by atoms with E-state index in [4.69, 9.17) is 0 Å². The molecule has 1 aliphatic heterocycles. The molecule has 0 bridgehead atoms. The van der Waals surface area contributed by atoms with Crippen LogP contribution in [0.5, 0.6) is 0 Å². The van der Waals surface area contributed by atoms with Gasteiger partial charge in [-0.05, 0) is 25.0 Å². The molecule has 18 heavy (non-hydrogen) atoms. The second-order valence-electron chi connectivity index (χ2n) is 4.75. The maximum Gasteiger partial charge on any atom is 0.364 e. The molecule has 0 aliphatic carbocycles. The predicted molar refractivity (Wildman–Crippen MR) is 68.9 cm³/mol. The average molecular weight is 247 g/mol. The number of nitrogens with zero attached hydrogens (tertiary/aromatic N) is 4. The van der Waals surface area contributed by atoms with Gasteiger partial charge in [0.05, 0.1) is 0 Å². The summed E-state index contributed by atoms with van der Waals surface area (Å²) in [5.74, 6) is 0.868. The second kappa shape index (κ2) is 4.80. The third kappa shape index (κ3) is 2.10. The van der Waals surface area contributed by atoms with Crippen LogP contribution in [-0.4, -0.2) is 32.9 Å². The molecule has 0 radical (unpaired) electrons. The molecular weight excluding hydrogens is 230 g/mol. The van der Waals surface area contributed by atoms with Gasteiger partial charge in [-0.3, -0.25) is 0 Å². The van der Waals surface area contributed by atoms with Crippen LogP contribution in [0.4, 0.5) is 5.82 Å². The molecule has 3 rings (SSSR count). The molecule has 0 saturated carbocycles. The molecule has 96 valence electrons. The summed E-state index contributed by atoms with van der Waals surface area (Å²) in [7, 11) is 0. The molecule has 6 heteroatoms. The number of fused-ring (bicyclic) bond motifs is 1. The first-order valence-corrected chi connectivity index (χ1v) is 6.54. The fraction of sp³-hybridized carbons (Fsp3) is 0.583. The smallest absolute Gasteiger partial charge is 0.355 e. The molecule has 0 spiro atoms. The van der Waals surface area contributed by atoms with E-state index in [0.29, 0.717) is 5.65 Å². The Balaban J connectivity index is 1.91. The monoisotopic (exact) mass is 247 g/mol. The van der Waals surface area contributed by atoms with Gasteiger partial charge in [-0.1, -0.05) is 19.3 Å². The van der Waals surface area contributed by atoms with Gasteiger partial charge in [0.2, 0.25) is 0 Å². The minimum atomic E-state index is -0.279. The largest absolute Gasteiger partial charge is 0.364 e. The highest BCUT2D eigenvalue weighted by molar-refractivity contribution is 5.44. The van der Waals surface area contributed by atoms with Gasteiger partial charge in [0.1, 0.15) is 5.82 Å². The third-order valence-corrected chi connectivity index (χ3v) is 3.44. The standard InChI is InChI=1S/C12H17N5O/c18-12-14-13-10-6-7-11(15-17(10)12)16-8-4-2-1-3-5-9-16/h6-7H,1-5,8-9H2,(H,14,18). The number of hydrogen-bond acceptors (Lipinski definition) is 4. The van der Waals surface area contributed by atoms with Gasteiger partial charge >= 0.3 is 5.69 Å². The Bertz CT molecular complexity index is 579. The first kappa shape index (κ1) is 11.3. The first-order valence-electron chi connectivity index (χ1n) is 6.54. The first-order chi connectivity index (χ1) is 8.84. The van der Waals surface area contributed by atoms with Gasteiger partial charge in [-0.25, -0.2) is 9.89 Å². The zero-order chi connectivity index (χ0) is 12.4. The number of aromatic amines is 1. The van der Waals surface area contributed by atoms with Crippen molar-refractivity contribution in [3.8, 4) is 0 Å². The van der Waals surface area contributed by atoms with Crippen LogP contribution in [0.3, 0.4) is 0 Å². The van der Waals surface area contributed by atoms with Crippen LogP contribution in [0, 0.1) is 0 Å². The molecule has 3 heterocycles. The molecule has 0 unspecified atom stereocenters. The van der Waals surface area contributed by atoms with Crippen molar-refractivity contribution in [2.24, 2.45) is 0 Å². The Morgan fingerprint density at radius 2 is 1.78 bits per heavy atom. The molecule has 2 aromatic heterocycles. The minimum absolute atomic E-state index is 0.279. The van der Waals surface area contributed by atoms with E-state index in [9.17, 15) is 4.79 Å². The zero-order valence-corrected chi connectivity index (χ0v) is 10.3. The van der Waals surface area contributed by atoms with Crippen LogP contribution in [0.2, 0.25) is 0 Å². The molecule has 1 fully saturated rings. The van der Waals surface area contributed by atoms with Crippen molar-refractivity contribution >= 4 is 11.5 Å². The van der Waals surface area contributed by atoms with E-state index < -0.39 is 0 Å². The van der Waals surface area contributed by atoms with Crippen molar-refractivity contribution in [1.82, 2.24) is 19.8 Å². The maximum absolute atomic E-state index is 11.5. The highest BCUT2D eigenvalue weighted by atomic mass is 16.2. The number of anilines is 1. The van der Waals surface area contributed by atoms with Crippen molar-refractivity contribution in [3.05, 3.63) is 22.6 Å². The predicted octanol–water partition coefficient (Wildman–Crippen LogP) is 1.19. The lowest BCUT2D eigenvalue weighted by atomic mass is 10.1. The number of hydrogen-bond donors (Lipinski definition) is 1. The quantitative estimate of drug-likeness (QED) is 0.822. The molecule has 1 saturated heterocycles. The van der Waals surface area contributed by atoms with Crippen LogP contribution >= 0.6 is 0 Å². The van der Waals surface area contributed by atoms with E-state index in [0.717, 1.165) is 18.9 Å². The Morgan fingerprint density at radius 1 is 1.06 bits per heavy atom. The Morgan fingerprint density at radius 3 is 2.56 bits per heavy atom. The summed E-state index contributed by atoms with van der Waals surface area (Å²) < 4.78 is 1.33. The average Bonchev–Trinajstić information content (AvgIpc) is 2.70. The normalized spacial score (nSPS) is 17.7. The van der Waals surface area contributed by atoms with Crippen molar-refractivity contribution in [2.75, 3.05) is 18.0 Å². The summed E-state index contributed by atoms with van der Waals surface area (Å²) in [6, 6.07) is 3.77. The summed E-state index contributed by atoms with van der Waals surface area (Å²) in [4.78, 5) is 13.8. The van der Waals surface area contributed by atoms with Gasteiger partial charge in [0, 0.05) is 13.1 Å². The second-order valence-corrected chi connectivity index (χ2v) is 4.75. The van der Waals surface area contributed by atoms with Crippen LogP contribution in [0.1, 0.15) is 32.1 Å². The number of aromatic nitrogens is 4. The van der Waals surface area contributed by atoms with E-state index >= 15 is 0 Å². The van der Waals surface area contributed by atoms with E-state index in [2.05, 4.69) is 20.2 Å². The lowest BCUT2D eigenvalue weighted by Gasteiger charge is -2.25. The molecule has 0 amide bonds. The Labute approximate surface area is 105 Å². The number of rotatable bonds is 1. The molecular formula is C12H17N5O. The Kier molecular flexibility index (Phi) is 3.00. The minimum Gasteiger partial charge on any atom is -0.355 e. The summed E-state index contributed by atoms with van der Waals surface area (Å²) in [5, 5.41) is 10.7. The summed E-state index contributed by atoms with van der Waals surface area (Å²) in [5.41, 5.74) is 0.287. The van der Waals surface area contributed by atoms with Gasteiger partial charge in [0.25, 0.3) is 0 Å². The van der Waals surface area contributed by atoms with E-state index in [1.807, 2.05) is 12.1 Å². The lowest BCUT2D eigenvalue weighted by molar-refractivity contribution is 0.551. The van der Waals surface area contributed by atoms with Crippen LogP contribution < -0.4 is 10.6 Å². The van der Waals surface area contributed by atoms with Crippen LogP contribution in [0.25, 0.3) is 5.65 Å². The van der Waals surface area contributed by atoms with Gasteiger partial charge in [-0.15, -0.1) is 5.10 Å². The molecule has 0 atom stereocenters. The number of H-pyrrole nitrogens is 1. The fourth-order valence-electron chi connectivity index (χ4n) is 2.44. The van der Waals surface area contributed by atoms with Crippen LogP contribution in [0.15, 0.2) is 16.9 Å². The Hall–Kier alpha value is -1.85. The SMILES string of the molecule is O=c1[nH]nc2ccc(N3CCCCCCC3)nn12. The van der Waals surface area contributed by atoms with Crippen molar-refractivity contribution in [2.45, 2.75) is 32.1 Å². The highest BCUT2D eigenvalue weighted by Gasteiger charge is 2.12. The summed E-state index contributed by atoms with van der Waals surface area (Å²) in [6.07, 6.45) is 6.29. The van der Waals surface area contributed by atoms with Crippen LogP contribution in [-0.2, 0) is 0 Å². The molecule has 1 N–H and O–H groups in total. The van der Waals surface area contributed by atoms with Gasteiger partial charge in [0.15, 0.2) is 5.65 Å². The highest BCUT2D eigenvalue weighted by Crippen LogP contribution is 2.16. The molecule has 0 aromatic carbocycles. The van der Waals surface area contributed by atoms with E-state index in [-0.39, 0.29) is 5.69 Å². The van der Waals surface area contributed by atoms with E-state index in [1.165, 1.54) is 36.6 Å². The van der Waals surface area contributed by atoms with Crippen molar-refractivity contribution in [3.63, 3.8) is 0 Å². The summed E-state index contributed by atoms with van der Waals surface area (Å²) in [6.45, 7) is 2.04. The third-order valence-electron chi connectivity index (χ3n) is 3.44. The maximum atomic E-state index is 11.5. The van der Waals surface area contributed by atoms with Crippen molar-refractivity contribution in [1.29, 1.82) is 0 Å². The molecule has 1 aliphatic rings. The fourth-order valence-corrected chi connectivity index (χ4v) is 2.44. The zero-order valence-electron chi connectivity index (χ0n) is 10.3. The summed E-state index contributed by atoms with van der Waals surface area (Å²) >= 11 is 0. The van der Waals surface area contributed by atoms with Gasteiger partial charge < -0.3 is 4.90 Å². The molecule has 2 aromatic rings. The van der Waals surface area contributed by atoms with Crippen molar-refractivity contribution < 1.29 is 0 Å². The topological polar surface area (TPSA) is 66.3 Å². The molecule has 6 nitrogen and oxygen atoms in total. The lowest BCUT2D eigenvalue weighted by Crippen LogP contribution is -2.29. The van der Waals surface area contributed by atoms with Gasteiger partial charge in [-0.2, -0.15) is 9.61 Å². The van der Waals surface area contributed by atoms with E-state index in [1.54, 1.807) is 0 Å². The number of nitrogens with one attached hydrogen (secondary N) is 1.